The standard InChI is InChI=1S/C14H26O3/c1-10(2)7-12(8-11(3)4)13(9-16-5)14(15)17-6/h10-11H,7-9H2,1-6H3. The lowest BCUT2D eigenvalue weighted by molar-refractivity contribution is -0.136. The Morgan fingerprint density at radius 2 is 1.47 bits per heavy atom. The van der Waals surface area contributed by atoms with E-state index >= 15 is 0 Å². The Hall–Kier alpha value is -0.830. The molecule has 0 aromatic heterocycles. The van der Waals surface area contributed by atoms with E-state index in [1.54, 1.807) is 7.11 Å². The van der Waals surface area contributed by atoms with Gasteiger partial charge in [0.1, 0.15) is 0 Å². The van der Waals surface area contributed by atoms with E-state index in [2.05, 4.69) is 27.7 Å². The third-order valence-corrected chi connectivity index (χ3v) is 2.46. The largest absolute Gasteiger partial charge is 0.466 e. The van der Waals surface area contributed by atoms with Gasteiger partial charge in [0, 0.05) is 7.11 Å². The highest BCUT2D eigenvalue weighted by atomic mass is 16.5. The summed E-state index contributed by atoms with van der Waals surface area (Å²) in [6.07, 6.45) is 1.85. The molecular weight excluding hydrogens is 216 g/mol. The highest BCUT2D eigenvalue weighted by Gasteiger charge is 2.17. The van der Waals surface area contributed by atoms with Gasteiger partial charge in [-0.2, -0.15) is 0 Å². The van der Waals surface area contributed by atoms with Crippen molar-refractivity contribution in [2.75, 3.05) is 20.8 Å². The summed E-state index contributed by atoms with van der Waals surface area (Å²) in [7, 11) is 3.02. The van der Waals surface area contributed by atoms with Gasteiger partial charge in [-0.1, -0.05) is 33.3 Å². The van der Waals surface area contributed by atoms with Crippen LogP contribution in [0.5, 0.6) is 0 Å². The second-order valence-corrected chi connectivity index (χ2v) is 5.20. The molecule has 17 heavy (non-hydrogen) atoms. The van der Waals surface area contributed by atoms with Crippen LogP contribution in [0.2, 0.25) is 0 Å². The van der Waals surface area contributed by atoms with E-state index in [4.69, 9.17) is 9.47 Å². The quantitative estimate of drug-likeness (QED) is 0.508. The lowest BCUT2D eigenvalue weighted by atomic mass is 9.91. The number of esters is 1. The fourth-order valence-corrected chi connectivity index (χ4v) is 1.89. The van der Waals surface area contributed by atoms with Crippen molar-refractivity contribution in [1.82, 2.24) is 0 Å². The van der Waals surface area contributed by atoms with Crippen LogP contribution in [0.1, 0.15) is 40.5 Å². The van der Waals surface area contributed by atoms with Gasteiger partial charge < -0.3 is 9.47 Å². The predicted octanol–water partition coefficient (Wildman–Crippen LogP) is 3.19. The molecule has 0 N–H and O–H groups in total. The molecule has 0 rings (SSSR count). The third-order valence-electron chi connectivity index (χ3n) is 2.46. The highest BCUT2D eigenvalue weighted by Crippen LogP contribution is 2.23. The lowest BCUT2D eigenvalue weighted by Gasteiger charge is -2.17. The molecule has 0 aromatic rings. The number of ether oxygens (including phenoxy) is 2. The summed E-state index contributed by atoms with van der Waals surface area (Å²) in [5.41, 5.74) is 1.86. The summed E-state index contributed by atoms with van der Waals surface area (Å²) in [5.74, 6) is 0.795. The van der Waals surface area contributed by atoms with Crippen LogP contribution in [-0.4, -0.2) is 26.8 Å². The zero-order chi connectivity index (χ0) is 13.4. The van der Waals surface area contributed by atoms with Crippen molar-refractivity contribution in [2.24, 2.45) is 11.8 Å². The van der Waals surface area contributed by atoms with Crippen LogP contribution in [0.25, 0.3) is 0 Å². The van der Waals surface area contributed by atoms with E-state index in [9.17, 15) is 4.79 Å². The normalized spacial score (nSPS) is 10.8. The first-order valence-electron chi connectivity index (χ1n) is 6.20. The monoisotopic (exact) mass is 242 g/mol. The Labute approximate surface area is 105 Å². The van der Waals surface area contributed by atoms with Crippen molar-refractivity contribution < 1.29 is 14.3 Å². The van der Waals surface area contributed by atoms with E-state index in [0.29, 0.717) is 24.0 Å². The maximum atomic E-state index is 11.7. The molecule has 0 spiro atoms. The Bertz CT molecular complexity index is 253. The number of hydrogen-bond acceptors (Lipinski definition) is 3. The molecular formula is C14H26O3. The molecule has 0 aliphatic rings. The van der Waals surface area contributed by atoms with Crippen LogP contribution in [0, 0.1) is 11.8 Å². The summed E-state index contributed by atoms with van der Waals surface area (Å²) in [6.45, 7) is 8.95. The van der Waals surface area contributed by atoms with Crippen molar-refractivity contribution >= 4 is 5.97 Å². The van der Waals surface area contributed by atoms with E-state index in [-0.39, 0.29) is 5.97 Å². The molecule has 0 saturated carbocycles. The molecule has 0 unspecified atom stereocenters. The molecule has 0 aromatic carbocycles. The molecule has 0 aliphatic heterocycles. The zero-order valence-electron chi connectivity index (χ0n) is 12.0. The molecule has 0 radical (unpaired) electrons. The molecule has 0 fully saturated rings. The smallest absolute Gasteiger partial charge is 0.336 e. The highest BCUT2D eigenvalue weighted by molar-refractivity contribution is 5.89. The summed E-state index contributed by atoms with van der Waals surface area (Å²) in [5, 5.41) is 0. The van der Waals surface area contributed by atoms with Crippen LogP contribution >= 0.6 is 0 Å². The molecule has 3 nitrogen and oxygen atoms in total. The topological polar surface area (TPSA) is 35.5 Å². The second-order valence-electron chi connectivity index (χ2n) is 5.20. The minimum atomic E-state index is -0.261. The second kappa shape index (κ2) is 8.29. The van der Waals surface area contributed by atoms with E-state index in [1.807, 2.05) is 0 Å². The third kappa shape index (κ3) is 6.47. The first-order chi connectivity index (χ1) is 7.92. The molecule has 0 bridgehead atoms. The van der Waals surface area contributed by atoms with Gasteiger partial charge in [0.2, 0.25) is 0 Å². The lowest BCUT2D eigenvalue weighted by Crippen LogP contribution is -2.15. The van der Waals surface area contributed by atoms with Gasteiger partial charge in [-0.3, -0.25) is 0 Å². The molecule has 0 amide bonds. The van der Waals surface area contributed by atoms with Gasteiger partial charge >= 0.3 is 5.97 Å². The van der Waals surface area contributed by atoms with Crippen LogP contribution in [-0.2, 0) is 14.3 Å². The molecule has 0 aliphatic carbocycles. The molecule has 0 heterocycles. The van der Waals surface area contributed by atoms with Gasteiger partial charge in [-0.25, -0.2) is 4.79 Å². The average Bonchev–Trinajstić information content (AvgIpc) is 2.22. The minimum absolute atomic E-state index is 0.261. The van der Waals surface area contributed by atoms with Gasteiger partial charge in [-0.15, -0.1) is 0 Å². The number of hydrogen-bond donors (Lipinski definition) is 0. The van der Waals surface area contributed by atoms with E-state index in [0.717, 1.165) is 12.8 Å². The summed E-state index contributed by atoms with van der Waals surface area (Å²) < 4.78 is 9.94. The maximum Gasteiger partial charge on any atom is 0.336 e. The van der Waals surface area contributed by atoms with Gasteiger partial charge in [0.25, 0.3) is 0 Å². The summed E-state index contributed by atoms with van der Waals surface area (Å²) in [4.78, 5) is 11.7. The summed E-state index contributed by atoms with van der Waals surface area (Å²) >= 11 is 0. The maximum absolute atomic E-state index is 11.7. The molecule has 3 heteroatoms. The van der Waals surface area contributed by atoms with Crippen LogP contribution in [0.15, 0.2) is 11.1 Å². The van der Waals surface area contributed by atoms with Crippen molar-refractivity contribution in [3.05, 3.63) is 11.1 Å². The van der Waals surface area contributed by atoms with Crippen molar-refractivity contribution in [1.29, 1.82) is 0 Å². The van der Waals surface area contributed by atoms with Gasteiger partial charge in [0.15, 0.2) is 0 Å². The van der Waals surface area contributed by atoms with Crippen molar-refractivity contribution in [2.45, 2.75) is 40.5 Å². The Kier molecular flexibility index (Phi) is 7.88. The fourth-order valence-electron chi connectivity index (χ4n) is 1.89. The summed E-state index contributed by atoms with van der Waals surface area (Å²) in [6, 6.07) is 0. The fraction of sp³-hybridized carbons (Fsp3) is 0.786. The average molecular weight is 242 g/mol. The Morgan fingerprint density at radius 1 is 1.00 bits per heavy atom. The van der Waals surface area contributed by atoms with Crippen molar-refractivity contribution in [3.8, 4) is 0 Å². The SMILES string of the molecule is COCC(C(=O)OC)=C(CC(C)C)CC(C)C. The van der Waals surface area contributed by atoms with Gasteiger partial charge in [0.05, 0.1) is 19.3 Å². The number of carbonyl (C=O) groups is 1. The number of methoxy groups -OCH3 is 2. The van der Waals surface area contributed by atoms with Crippen molar-refractivity contribution in [3.63, 3.8) is 0 Å². The van der Waals surface area contributed by atoms with E-state index < -0.39 is 0 Å². The number of allylic oxidation sites excluding steroid dienone is 1. The predicted molar refractivity (Wildman–Crippen MR) is 69.8 cm³/mol. The first-order valence-corrected chi connectivity index (χ1v) is 6.20. The molecule has 100 valence electrons. The van der Waals surface area contributed by atoms with Crippen LogP contribution in [0.4, 0.5) is 0 Å². The van der Waals surface area contributed by atoms with E-state index in [1.165, 1.54) is 12.7 Å². The first kappa shape index (κ1) is 16.2. The van der Waals surface area contributed by atoms with Crippen LogP contribution in [0.3, 0.4) is 0 Å². The molecule has 0 saturated heterocycles. The Morgan fingerprint density at radius 3 is 1.76 bits per heavy atom. The van der Waals surface area contributed by atoms with Gasteiger partial charge in [-0.05, 0) is 24.7 Å². The minimum Gasteiger partial charge on any atom is -0.466 e. The van der Waals surface area contributed by atoms with Crippen LogP contribution < -0.4 is 0 Å². The molecule has 0 atom stereocenters. The number of carbonyl (C=O) groups excluding carboxylic acids is 1. The number of rotatable bonds is 7. The zero-order valence-corrected chi connectivity index (χ0v) is 12.0. The Balaban J connectivity index is 5.13.